The summed E-state index contributed by atoms with van der Waals surface area (Å²) in [5.41, 5.74) is 7.37. The number of para-hydroxylation sites is 1. The van der Waals surface area contributed by atoms with Crippen molar-refractivity contribution in [1.82, 2.24) is 5.32 Å². The molecule has 0 heterocycles. The molecule has 3 heteroatoms. The Labute approximate surface area is 203 Å². The maximum Gasteiger partial charge on any atom is 0.122 e. The normalized spacial score (nSPS) is 11.6. The second kappa shape index (κ2) is 12.3. The second-order valence-corrected chi connectivity index (χ2v) is 7.85. The van der Waals surface area contributed by atoms with Crippen molar-refractivity contribution in [3.63, 3.8) is 0 Å². The number of allylic oxidation sites excluding steroid dienone is 3. The molecule has 0 bridgehead atoms. The van der Waals surface area contributed by atoms with Gasteiger partial charge in [0, 0.05) is 29.5 Å². The standard InChI is InChI=1S/C31H33NO2/c1-6-27(22-28(7-2)34-21-20-26-16-11-12-19-31(26)33-5)32-24(4)29-17-13-18-30(23(29)3)25-14-9-8-10-15-25/h6-19,22,32H,1,4,20-21H2,2-3,5H3/b27-22+,28-7+. The molecule has 0 aromatic heterocycles. The fourth-order valence-electron chi connectivity index (χ4n) is 3.83. The molecule has 174 valence electrons. The zero-order valence-corrected chi connectivity index (χ0v) is 20.3. The first-order chi connectivity index (χ1) is 16.6. The lowest BCUT2D eigenvalue weighted by Crippen LogP contribution is -2.11. The van der Waals surface area contributed by atoms with E-state index in [2.05, 4.69) is 73.9 Å². The molecule has 0 saturated carbocycles. The second-order valence-electron chi connectivity index (χ2n) is 7.85. The minimum absolute atomic E-state index is 0.542. The summed E-state index contributed by atoms with van der Waals surface area (Å²) in [4.78, 5) is 0. The highest BCUT2D eigenvalue weighted by Crippen LogP contribution is 2.28. The van der Waals surface area contributed by atoms with Crippen molar-refractivity contribution in [3.05, 3.63) is 132 Å². The third-order valence-corrected chi connectivity index (χ3v) is 5.67. The van der Waals surface area contributed by atoms with Gasteiger partial charge in [0.1, 0.15) is 11.5 Å². The lowest BCUT2D eigenvalue weighted by molar-refractivity contribution is 0.226. The van der Waals surface area contributed by atoms with E-state index in [9.17, 15) is 0 Å². The molecule has 1 N–H and O–H groups in total. The molecule has 0 fully saturated rings. The van der Waals surface area contributed by atoms with Gasteiger partial charge in [0.2, 0.25) is 0 Å². The molecular weight excluding hydrogens is 418 g/mol. The van der Waals surface area contributed by atoms with Gasteiger partial charge in [0.25, 0.3) is 0 Å². The summed E-state index contributed by atoms with van der Waals surface area (Å²) in [7, 11) is 1.69. The number of ether oxygens (including phenoxy) is 2. The molecule has 0 aliphatic heterocycles. The highest BCUT2D eigenvalue weighted by molar-refractivity contribution is 5.76. The lowest BCUT2D eigenvalue weighted by atomic mass is 9.95. The topological polar surface area (TPSA) is 30.5 Å². The Bertz CT molecular complexity index is 1190. The average Bonchev–Trinajstić information content (AvgIpc) is 2.88. The Kier molecular flexibility index (Phi) is 8.93. The van der Waals surface area contributed by atoms with Crippen LogP contribution in [0.15, 0.2) is 116 Å². The summed E-state index contributed by atoms with van der Waals surface area (Å²) in [6, 6.07) is 24.7. The number of benzene rings is 3. The molecule has 3 aromatic rings. The van der Waals surface area contributed by atoms with E-state index in [0.29, 0.717) is 6.61 Å². The molecule has 3 aromatic carbocycles. The summed E-state index contributed by atoms with van der Waals surface area (Å²) in [5.74, 6) is 1.64. The molecule has 3 rings (SSSR count). The van der Waals surface area contributed by atoms with Crippen LogP contribution in [0.2, 0.25) is 0 Å². The Balaban J connectivity index is 1.69. The van der Waals surface area contributed by atoms with Gasteiger partial charge in [-0.2, -0.15) is 0 Å². The van der Waals surface area contributed by atoms with E-state index < -0.39 is 0 Å². The van der Waals surface area contributed by atoms with Gasteiger partial charge in [-0.1, -0.05) is 79.9 Å². The molecule has 0 radical (unpaired) electrons. The van der Waals surface area contributed by atoms with Crippen LogP contribution in [-0.2, 0) is 11.2 Å². The van der Waals surface area contributed by atoms with Crippen molar-refractivity contribution in [2.24, 2.45) is 0 Å². The SMILES string of the molecule is C=C/C(=C\C(=C/C)OCCc1ccccc1OC)NC(=C)c1cccc(-c2ccccc2)c1C. The smallest absolute Gasteiger partial charge is 0.122 e. The molecule has 34 heavy (non-hydrogen) atoms. The Hall–Kier alpha value is -3.98. The molecule has 0 unspecified atom stereocenters. The highest BCUT2D eigenvalue weighted by atomic mass is 16.5. The third-order valence-electron chi connectivity index (χ3n) is 5.67. The van der Waals surface area contributed by atoms with Gasteiger partial charge in [-0.25, -0.2) is 0 Å². The summed E-state index contributed by atoms with van der Waals surface area (Å²) < 4.78 is 11.5. The fourth-order valence-corrected chi connectivity index (χ4v) is 3.83. The molecule has 0 amide bonds. The molecule has 0 aliphatic carbocycles. The molecule has 0 aliphatic rings. The van der Waals surface area contributed by atoms with Crippen LogP contribution in [0.4, 0.5) is 0 Å². The van der Waals surface area contributed by atoms with Crippen LogP contribution in [0.25, 0.3) is 16.8 Å². The number of nitrogens with one attached hydrogen (secondary N) is 1. The van der Waals surface area contributed by atoms with Crippen molar-refractivity contribution in [3.8, 4) is 16.9 Å². The maximum atomic E-state index is 6.03. The zero-order chi connectivity index (χ0) is 24.3. The largest absolute Gasteiger partial charge is 0.496 e. The first-order valence-corrected chi connectivity index (χ1v) is 11.4. The van der Waals surface area contributed by atoms with E-state index in [4.69, 9.17) is 9.47 Å². The van der Waals surface area contributed by atoms with E-state index in [1.807, 2.05) is 43.3 Å². The molecule has 3 nitrogen and oxygen atoms in total. The monoisotopic (exact) mass is 451 g/mol. The van der Waals surface area contributed by atoms with Crippen LogP contribution < -0.4 is 10.1 Å². The van der Waals surface area contributed by atoms with Crippen LogP contribution >= 0.6 is 0 Å². The molecule has 0 atom stereocenters. The summed E-state index contributed by atoms with van der Waals surface area (Å²) in [6.45, 7) is 12.9. The number of hydrogen-bond acceptors (Lipinski definition) is 3. The Morgan fingerprint density at radius 2 is 1.71 bits per heavy atom. The van der Waals surface area contributed by atoms with Gasteiger partial charge in [-0.15, -0.1) is 0 Å². The van der Waals surface area contributed by atoms with E-state index in [0.717, 1.165) is 40.5 Å². The quantitative estimate of drug-likeness (QED) is 0.242. The summed E-state index contributed by atoms with van der Waals surface area (Å²) in [6.07, 6.45) is 6.41. The molecule has 0 spiro atoms. The predicted molar refractivity (Wildman–Crippen MR) is 143 cm³/mol. The van der Waals surface area contributed by atoms with Gasteiger partial charge in [0.05, 0.1) is 13.7 Å². The van der Waals surface area contributed by atoms with Gasteiger partial charge in [-0.05, 0) is 54.3 Å². The van der Waals surface area contributed by atoms with Crippen LogP contribution in [0, 0.1) is 6.92 Å². The maximum absolute atomic E-state index is 6.03. The van der Waals surface area contributed by atoms with Crippen LogP contribution in [0.3, 0.4) is 0 Å². The van der Waals surface area contributed by atoms with Crippen molar-refractivity contribution in [2.75, 3.05) is 13.7 Å². The number of methoxy groups -OCH3 is 1. The average molecular weight is 452 g/mol. The minimum Gasteiger partial charge on any atom is -0.496 e. The summed E-state index contributed by atoms with van der Waals surface area (Å²) in [5, 5.41) is 3.40. The number of rotatable bonds is 11. The van der Waals surface area contributed by atoms with Crippen molar-refractivity contribution >= 4 is 5.70 Å². The van der Waals surface area contributed by atoms with Crippen molar-refractivity contribution < 1.29 is 9.47 Å². The van der Waals surface area contributed by atoms with Gasteiger partial charge >= 0.3 is 0 Å². The number of hydrogen-bond donors (Lipinski definition) is 1. The van der Waals surface area contributed by atoms with Gasteiger partial charge in [-0.3, -0.25) is 0 Å². The Morgan fingerprint density at radius 1 is 0.971 bits per heavy atom. The molecular formula is C31H33NO2. The van der Waals surface area contributed by atoms with Crippen molar-refractivity contribution in [2.45, 2.75) is 20.3 Å². The zero-order valence-electron chi connectivity index (χ0n) is 20.3. The Morgan fingerprint density at radius 3 is 2.41 bits per heavy atom. The molecule has 0 saturated heterocycles. The van der Waals surface area contributed by atoms with Crippen LogP contribution in [-0.4, -0.2) is 13.7 Å². The van der Waals surface area contributed by atoms with E-state index in [-0.39, 0.29) is 0 Å². The first-order valence-electron chi connectivity index (χ1n) is 11.4. The van der Waals surface area contributed by atoms with Crippen LogP contribution in [0.5, 0.6) is 5.75 Å². The van der Waals surface area contributed by atoms with Gasteiger partial charge < -0.3 is 14.8 Å². The minimum atomic E-state index is 0.542. The van der Waals surface area contributed by atoms with Crippen LogP contribution in [0.1, 0.15) is 23.6 Å². The van der Waals surface area contributed by atoms with E-state index in [1.54, 1.807) is 13.2 Å². The summed E-state index contributed by atoms with van der Waals surface area (Å²) >= 11 is 0. The first kappa shape index (κ1) is 24.7. The highest BCUT2D eigenvalue weighted by Gasteiger charge is 2.10. The van der Waals surface area contributed by atoms with Crippen molar-refractivity contribution in [1.29, 1.82) is 0 Å². The van der Waals surface area contributed by atoms with E-state index in [1.165, 1.54) is 16.7 Å². The van der Waals surface area contributed by atoms with E-state index >= 15 is 0 Å². The lowest BCUT2D eigenvalue weighted by Gasteiger charge is -2.16. The van der Waals surface area contributed by atoms with Gasteiger partial charge in [0.15, 0.2) is 0 Å². The fraction of sp³-hybridized carbons (Fsp3) is 0.161. The third kappa shape index (κ3) is 6.29. The predicted octanol–water partition coefficient (Wildman–Crippen LogP) is 7.46.